The summed E-state index contributed by atoms with van der Waals surface area (Å²) in [6.07, 6.45) is 0. The maximum Gasteiger partial charge on any atom is 0.459 e. The summed E-state index contributed by atoms with van der Waals surface area (Å²) in [6.45, 7) is 41.7. The van der Waals surface area contributed by atoms with Crippen molar-refractivity contribution < 1.29 is 4.42 Å². The molecule has 4 aliphatic rings. The van der Waals surface area contributed by atoms with E-state index in [4.69, 9.17) is 4.42 Å². The third-order valence-electron chi connectivity index (χ3n) is 16.9. The highest BCUT2D eigenvalue weighted by molar-refractivity contribution is 6.85. The maximum absolute atomic E-state index is 8.11. The van der Waals surface area contributed by atoms with Gasteiger partial charge in [0, 0.05) is 66.2 Å². The first kappa shape index (κ1) is 44.8. The molecular weight excluding hydrogens is 862 g/mol. The molecule has 9 aromatic rings. The number of rotatable bonds is 0. The molecule has 71 heavy (non-hydrogen) atoms. The number of hydrogen-bond donors (Lipinski definition) is 0. The van der Waals surface area contributed by atoms with E-state index < -0.39 is 0 Å². The van der Waals surface area contributed by atoms with Crippen LogP contribution in [-0.4, -0.2) is 22.9 Å². The summed E-state index contributed by atoms with van der Waals surface area (Å²) in [7, 11) is 0. The highest BCUT2D eigenvalue weighted by Crippen LogP contribution is 2.57. The fourth-order valence-corrected chi connectivity index (χ4v) is 12.7. The second kappa shape index (κ2) is 13.5. The highest BCUT2D eigenvalue weighted by Gasteiger charge is 2.55. The standard InChI is InChI=1S/C64H70B2N4O/c1-59(2,3)35-19-23-47-41(27-35)43-31-39(63(13,14)15)33-51-55(43)69(47)65-57-53(45-29-37(61(7,8)9)21-25-49(45)67(51)65)54-46-30-38(62(10,11)12)22-26-50(46)68-52-34-40(64(16,17)18)32-44-42-28-36(60(4,5)6)20-24-48(42)70(56(44)52)66(68)58(54)71-57/h19-34H,1-18H3. The molecule has 0 aliphatic carbocycles. The van der Waals surface area contributed by atoms with Gasteiger partial charge in [-0.15, -0.1) is 0 Å². The van der Waals surface area contributed by atoms with E-state index >= 15 is 0 Å². The van der Waals surface area contributed by atoms with E-state index in [1.54, 1.807) is 0 Å². The van der Waals surface area contributed by atoms with E-state index in [-0.39, 0.29) is 46.5 Å². The number of benzene rings is 6. The molecule has 0 saturated carbocycles. The predicted octanol–water partition coefficient (Wildman–Crippen LogP) is 16.0. The Balaban J connectivity index is 1.19. The molecule has 6 aromatic carbocycles. The van der Waals surface area contributed by atoms with Gasteiger partial charge < -0.3 is 23.0 Å². The molecule has 3 aromatic heterocycles. The average molecular weight is 933 g/mol. The predicted molar refractivity (Wildman–Crippen MR) is 307 cm³/mol. The van der Waals surface area contributed by atoms with Gasteiger partial charge in [-0.2, -0.15) is 0 Å². The van der Waals surface area contributed by atoms with Crippen LogP contribution >= 0.6 is 0 Å². The van der Waals surface area contributed by atoms with Crippen LogP contribution in [0.4, 0.5) is 22.7 Å². The molecule has 7 heteroatoms. The third kappa shape index (κ3) is 6.01. The zero-order valence-corrected chi connectivity index (χ0v) is 45.6. The van der Waals surface area contributed by atoms with Gasteiger partial charge in [-0.05, 0) is 139 Å². The van der Waals surface area contributed by atoms with Gasteiger partial charge in [0.25, 0.3) is 0 Å². The van der Waals surface area contributed by atoms with E-state index in [0.29, 0.717) is 0 Å². The van der Waals surface area contributed by atoms with E-state index in [2.05, 4.69) is 240 Å². The molecule has 0 bridgehead atoms. The first-order valence-corrected chi connectivity index (χ1v) is 26.3. The minimum atomic E-state index is -0.246. The molecule has 358 valence electrons. The lowest BCUT2D eigenvalue weighted by molar-refractivity contribution is 0.590. The van der Waals surface area contributed by atoms with Crippen molar-refractivity contribution in [2.75, 3.05) is 9.62 Å². The van der Waals surface area contributed by atoms with Gasteiger partial charge in [-0.1, -0.05) is 149 Å². The number of hydrogen-bond acceptors (Lipinski definition) is 3. The number of nitrogens with zero attached hydrogens (tertiary/aromatic N) is 4. The molecule has 0 radical (unpaired) electrons. The highest BCUT2D eigenvalue weighted by atomic mass is 16.3. The Labute approximate surface area is 422 Å². The maximum atomic E-state index is 8.11. The molecule has 0 fully saturated rings. The molecule has 0 atom stereocenters. The first-order valence-electron chi connectivity index (χ1n) is 26.3. The van der Waals surface area contributed by atoms with Crippen LogP contribution in [0.15, 0.2) is 101 Å². The zero-order valence-electron chi connectivity index (χ0n) is 45.6. The van der Waals surface area contributed by atoms with E-state index in [0.717, 1.165) is 11.3 Å². The van der Waals surface area contributed by atoms with Crippen LogP contribution in [0, 0.1) is 0 Å². The lowest BCUT2D eigenvalue weighted by Gasteiger charge is -2.36. The van der Waals surface area contributed by atoms with Gasteiger partial charge in [0.2, 0.25) is 0 Å². The van der Waals surface area contributed by atoms with Gasteiger partial charge in [0.15, 0.2) is 0 Å². The smallest absolute Gasteiger partial charge is 0.459 e. The van der Waals surface area contributed by atoms with Crippen molar-refractivity contribution >= 4 is 91.6 Å². The Morgan fingerprint density at radius 3 is 0.972 bits per heavy atom. The van der Waals surface area contributed by atoms with Crippen molar-refractivity contribution in [2.45, 2.75) is 157 Å². The van der Waals surface area contributed by atoms with Crippen LogP contribution < -0.4 is 20.9 Å². The normalized spacial score (nSPS) is 15.4. The number of fused-ring (bicyclic) bond motifs is 23. The van der Waals surface area contributed by atoms with Crippen LogP contribution in [0.3, 0.4) is 0 Å². The summed E-state index contributed by atoms with van der Waals surface area (Å²) in [5, 5.41) is 5.26. The van der Waals surface area contributed by atoms with Crippen LogP contribution in [0.1, 0.15) is 158 Å². The summed E-state index contributed by atoms with van der Waals surface area (Å²) in [6, 6.07) is 39.2. The van der Waals surface area contributed by atoms with Gasteiger partial charge in [-0.3, -0.25) is 0 Å². The van der Waals surface area contributed by atoms with Crippen molar-refractivity contribution in [2.24, 2.45) is 0 Å². The Bertz CT molecular complexity index is 3600. The summed E-state index contributed by atoms with van der Waals surface area (Å²) >= 11 is 0. The topological polar surface area (TPSA) is 29.5 Å². The van der Waals surface area contributed by atoms with Gasteiger partial charge in [-0.25, -0.2) is 0 Å². The van der Waals surface area contributed by atoms with Crippen molar-refractivity contribution in [1.29, 1.82) is 0 Å². The van der Waals surface area contributed by atoms with Crippen molar-refractivity contribution in [3.63, 3.8) is 0 Å². The molecule has 7 heterocycles. The number of furan rings is 1. The van der Waals surface area contributed by atoms with Crippen LogP contribution in [0.5, 0.6) is 0 Å². The zero-order chi connectivity index (χ0) is 50.3. The van der Waals surface area contributed by atoms with E-state index in [1.807, 2.05) is 0 Å². The second-order valence-corrected chi connectivity index (χ2v) is 28.0. The van der Waals surface area contributed by atoms with Crippen molar-refractivity contribution in [3.05, 3.63) is 130 Å². The van der Waals surface area contributed by atoms with Gasteiger partial charge in [0.1, 0.15) is 11.3 Å². The van der Waals surface area contributed by atoms with Crippen LogP contribution in [-0.2, 0) is 32.5 Å². The van der Waals surface area contributed by atoms with Gasteiger partial charge in [0.05, 0.1) is 22.4 Å². The Hall–Kier alpha value is -6.07. The number of anilines is 4. The molecule has 13 rings (SSSR count). The van der Waals surface area contributed by atoms with Crippen molar-refractivity contribution in [1.82, 2.24) is 8.96 Å². The lowest BCUT2D eigenvalue weighted by Crippen LogP contribution is -2.52. The molecule has 4 aliphatic heterocycles. The molecule has 5 nitrogen and oxygen atoms in total. The van der Waals surface area contributed by atoms with Crippen LogP contribution in [0.2, 0.25) is 0 Å². The summed E-state index contributed by atoms with van der Waals surface area (Å²) in [5.41, 5.74) is 24.8. The molecule has 0 unspecified atom stereocenters. The number of aromatic nitrogens is 2. The average Bonchev–Trinajstić information content (AvgIpc) is 4.07. The van der Waals surface area contributed by atoms with Gasteiger partial charge >= 0.3 is 14.0 Å². The quantitative estimate of drug-likeness (QED) is 0.142. The summed E-state index contributed by atoms with van der Waals surface area (Å²) in [5.74, 6) is 0. The van der Waals surface area contributed by atoms with Crippen LogP contribution in [0.25, 0.3) is 65.9 Å². The summed E-state index contributed by atoms with van der Waals surface area (Å²) < 4.78 is 13.4. The molecule has 0 saturated heterocycles. The SMILES string of the molecule is CC(C)(C)c1ccc2c(c1)-c1c(oc3c1-c1cc(C(C)(C)C)ccc1N1B3n3c4ccc(C(C)(C)C)cc4c4cc(C(C)(C)C)cc1c43)B1N2c2cc(C(C)(C)C)cc3c4cc(C(C)(C)C)ccc4n1c23. The summed E-state index contributed by atoms with van der Waals surface area (Å²) in [4.78, 5) is 5.29. The van der Waals surface area contributed by atoms with E-state index in [1.165, 1.54) is 122 Å². The fraction of sp³-hybridized carbons (Fsp3) is 0.375. The fourth-order valence-electron chi connectivity index (χ4n) is 12.7. The Kier molecular flexibility index (Phi) is 8.53. The lowest BCUT2D eigenvalue weighted by atomic mass is 9.61. The minimum absolute atomic E-state index is 0.00502. The second-order valence-electron chi connectivity index (χ2n) is 28.0. The first-order chi connectivity index (χ1) is 33.0. The Morgan fingerprint density at radius 1 is 0.324 bits per heavy atom. The minimum Gasteiger partial charge on any atom is -0.474 e. The molecule has 0 amide bonds. The monoisotopic (exact) mass is 933 g/mol. The van der Waals surface area contributed by atoms with E-state index in [9.17, 15) is 0 Å². The third-order valence-corrected chi connectivity index (χ3v) is 16.9. The largest absolute Gasteiger partial charge is 0.474 e. The Morgan fingerprint density at radius 2 is 0.634 bits per heavy atom. The molecule has 0 N–H and O–H groups in total. The van der Waals surface area contributed by atoms with Crippen molar-refractivity contribution in [3.8, 4) is 22.3 Å². The molecular formula is C64H70B2N4O. The molecule has 0 spiro atoms.